The zero-order chi connectivity index (χ0) is 17.8. The summed E-state index contributed by atoms with van der Waals surface area (Å²) in [6.45, 7) is 1.06. The molecule has 0 fully saturated rings. The first-order valence-corrected chi connectivity index (χ1v) is 7.41. The van der Waals surface area contributed by atoms with Crippen LogP contribution in [-0.2, 0) is 13.2 Å². The van der Waals surface area contributed by atoms with Gasteiger partial charge in [-0.3, -0.25) is 9.78 Å². The van der Waals surface area contributed by atoms with Crippen LogP contribution in [0.25, 0.3) is 11.6 Å². The van der Waals surface area contributed by atoms with E-state index in [0.717, 1.165) is 0 Å². The van der Waals surface area contributed by atoms with Gasteiger partial charge in [0.05, 0.1) is 24.1 Å². The van der Waals surface area contributed by atoms with Gasteiger partial charge in [0.1, 0.15) is 18.6 Å². The van der Waals surface area contributed by atoms with E-state index >= 15 is 0 Å². The summed E-state index contributed by atoms with van der Waals surface area (Å²) >= 11 is 0. The number of oxazole rings is 1. The molecule has 1 amide bonds. The lowest BCUT2D eigenvalue weighted by molar-refractivity contribution is 0.0945. The van der Waals surface area contributed by atoms with Gasteiger partial charge >= 0.3 is 0 Å². The Morgan fingerprint density at radius 2 is 2.16 bits per heavy atom. The van der Waals surface area contributed by atoms with Gasteiger partial charge in [0, 0.05) is 11.8 Å². The number of carbonyl (C=O) groups excluding carboxylic acids is 1. The SMILES string of the molecule is Cc1nc(C(=O)NCc2ncccc2CF)c(N)nc1-c1ncco1. The van der Waals surface area contributed by atoms with Gasteiger partial charge < -0.3 is 15.5 Å². The topological polar surface area (TPSA) is 120 Å². The van der Waals surface area contributed by atoms with Crippen LogP contribution in [0.2, 0.25) is 0 Å². The molecule has 0 saturated heterocycles. The van der Waals surface area contributed by atoms with Crippen LogP contribution in [-0.4, -0.2) is 25.8 Å². The van der Waals surface area contributed by atoms with Gasteiger partial charge in [-0.2, -0.15) is 0 Å². The summed E-state index contributed by atoms with van der Waals surface area (Å²) in [4.78, 5) is 28.7. The highest BCUT2D eigenvalue weighted by Crippen LogP contribution is 2.20. The summed E-state index contributed by atoms with van der Waals surface area (Å²) in [7, 11) is 0. The molecule has 3 N–H and O–H groups in total. The van der Waals surface area contributed by atoms with Crippen molar-refractivity contribution in [3.05, 3.63) is 53.4 Å². The Hall–Kier alpha value is -3.36. The smallest absolute Gasteiger partial charge is 0.274 e. The average Bonchev–Trinajstić information content (AvgIpc) is 3.16. The molecule has 0 aliphatic heterocycles. The van der Waals surface area contributed by atoms with Crippen molar-refractivity contribution in [1.29, 1.82) is 0 Å². The number of hydrogen-bond donors (Lipinski definition) is 2. The number of alkyl halides is 1. The maximum Gasteiger partial charge on any atom is 0.274 e. The van der Waals surface area contributed by atoms with E-state index in [1.807, 2.05) is 0 Å². The van der Waals surface area contributed by atoms with Gasteiger partial charge in [0.15, 0.2) is 11.5 Å². The van der Waals surface area contributed by atoms with Crippen molar-refractivity contribution in [1.82, 2.24) is 25.3 Å². The Labute approximate surface area is 142 Å². The van der Waals surface area contributed by atoms with Gasteiger partial charge in [0.25, 0.3) is 5.91 Å². The quantitative estimate of drug-likeness (QED) is 0.725. The van der Waals surface area contributed by atoms with Gasteiger partial charge in [0.2, 0.25) is 5.89 Å². The molecular weight excluding hydrogens is 327 g/mol. The zero-order valence-electron chi connectivity index (χ0n) is 13.4. The number of nitrogens with zero attached hydrogens (tertiary/aromatic N) is 4. The molecule has 0 bridgehead atoms. The molecule has 0 spiro atoms. The first-order chi connectivity index (χ1) is 12.1. The normalized spacial score (nSPS) is 10.6. The fourth-order valence-electron chi connectivity index (χ4n) is 2.24. The van der Waals surface area contributed by atoms with E-state index in [1.165, 1.54) is 18.7 Å². The number of carbonyl (C=O) groups is 1. The second-order valence-electron chi connectivity index (χ2n) is 5.15. The van der Waals surface area contributed by atoms with Gasteiger partial charge in [-0.1, -0.05) is 6.07 Å². The van der Waals surface area contributed by atoms with E-state index in [0.29, 0.717) is 22.6 Å². The van der Waals surface area contributed by atoms with Gasteiger partial charge in [-0.25, -0.2) is 19.3 Å². The largest absolute Gasteiger partial charge is 0.443 e. The molecule has 25 heavy (non-hydrogen) atoms. The number of nitrogens with two attached hydrogens (primary N) is 1. The highest BCUT2D eigenvalue weighted by molar-refractivity contribution is 5.96. The fourth-order valence-corrected chi connectivity index (χ4v) is 2.24. The third-order valence-corrected chi connectivity index (χ3v) is 3.49. The molecule has 3 heterocycles. The van der Waals surface area contributed by atoms with E-state index in [2.05, 4.69) is 25.3 Å². The molecule has 3 rings (SSSR count). The molecule has 0 unspecified atom stereocenters. The van der Waals surface area contributed by atoms with Crippen molar-refractivity contribution in [2.24, 2.45) is 0 Å². The third-order valence-electron chi connectivity index (χ3n) is 3.49. The van der Waals surface area contributed by atoms with Gasteiger partial charge in [-0.05, 0) is 13.0 Å². The molecule has 3 aromatic rings. The number of hydrogen-bond acceptors (Lipinski definition) is 7. The Kier molecular flexibility index (Phi) is 4.64. The molecule has 8 nitrogen and oxygen atoms in total. The van der Waals surface area contributed by atoms with Gasteiger partial charge in [-0.15, -0.1) is 0 Å². The number of anilines is 1. The number of aryl methyl sites for hydroxylation is 1. The molecule has 0 aliphatic rings. The molecule has 0 aliphatic carbocycles. The Morgan fingerprint density at radius 3 is 2.88 bits per heavy atom. The third kappa shape index (κ3) is 3.44. The minimum Gasteiger partial charge on any atom is -0.443 e. The standard InChI is InChI=1S/C16H15FN6O2/c1-9-12(16-20-5-6-25-16)23-14(18)13(22-9)15(24)21-8-11-10(7-17)3-2-4-19-11/h2-6H,7-8H2,1H3,(H2,18,23)(H,21,24). The second kappa shape index (κ2) is 7.04. The Morgan fingerprint density at radius 1 is 1.32 bits per heavy atom. The predicted molar refractivity (Wildman–Crippen MR) is 86.9 cm³/mol. The van der Waals surface area contributed by atoms with Crippen LogP contribution in [0.4, 0.5) is 10.2 Å². The Balaban J connectivity index is 1.79. The minimum absolute atomic E-state index is 0.0227. The number of amides is 1. The van der Waals surface area contributed by atoms with Crippen LogP contribution in [0.15, 0.2) is 35.2 Å². The highest BCUT2D eigenvalue weighted by Gasteiger charge is 2.19. The number of halogens is 1. The molecular formula is C16H15FN6O2. The van der Waals surface area contributed by atoms with Crippen molar-refractivity contribution in [3.8, 4) is 11.6 Å². The summed E-state index contributed by atoms with van der Waals surface area (Å²) < 4.78 is 18.1. The summed E-state index contributed by atoms with van der Waals surface area (Å²) in [5, 5.41) is 2.62. The zero-order valence-corrected chi connectivity index (χ0v) is 13.4. The van der Waals surface area contributed by atoms with E-state index < -0.39 is 12.6 Å². The number of rotatable bonds is 5. The van der Waals surface area contributed by atoms with Crippen LogP contribution in [0.3, 0.4) is 0 Å². The monoisotopic (exact) mass is 342 g/mol. The van der Waals surface area contributed by atoms with Crippen molar-refractivity contribution in [2.45, 2.75) is 20.1 Å². The first-order valence-electron chi connectivity index (χ1n) is 7.41. The van der Waals surface area contributed by atoms with E-state index in [-0.39, 0.29) is 23.9 Å². The summed E-state index contributed by atoms with van der Waals surface area (Å²) in [6.07, 6.45) is 4.41. The van der Waals surface area contributed by atoms with Crippen LogP contribution in [0, 0.1) is 6.92 Å². The van der Waals surface area contributed by atoms with Crippen molar-refractivity contribution in [2.75, 3.05) is 5.73 Å². The van der Waals surface area contributed by atoms with Crippen molar-refractivity contribution < 1.29 is 13.6 Å². The van der Waals surface area contributed by atoms with Crippen molar-refractivity contribution in [3.63, 3.8) is 0 Å². The van der Waals surface area contributed by atoms with E-state index in [4.69, 9.17) is 10.2 Å². The van der Waals surface area contributed by atoms with E-state index in [1.54, 1.807) is 19.1 Å². The van der Waals surface area contributed by atoms with Crippen LogP contribution < -0.4 is 11.1 Å². The average molecular weight is 342 g/mol. The lowest BCUT2D eigenvalue weighted by atomic mass is 10.2. The first kappa shape index (κ1) is 16.5. The maximum atomic E-state index is 12.9. The number of pyridine rings is 1. The molecule has 9 heteroatoms. The molecule has 0 radical (unpaired) electrons. The lowest BCUT2D eigenvalue weighted by Gasteiger charge is -2.10. The molecule has 0 aromatic carbocycles. The summed E-state index contributed by atoms with van der Waals surface area (Å²) in [5.74, 6) is -0.310. The number of aromatic nitrogens is 4. The fraction of sp³-hybridized carbons (Fsp3) is 0.188. The van der Waals surface area contributed by atoms with Crippen LogP contribution in [0.1, 0.15) is 27.4 Å². The molecule has 0 atom stereocenters. The minimum atomic E-state index is -0.662. The molecule has 128 valence electrons. The summed E-state index contributed by atoms with van der Waals surface area (Å²) in [5.41, 5.74) is 7.49. The Bertz CT molecular complexity index is 898. The summed E-state index contributed by atoms with van der Waals surface area (Å²) in [6, 6.07) is 3.24. The lowest BCUT2D eigenvalue weighted by Crippen LogP contribution is -2.26. The number of nitrogens with one attached hydrogen (secondary N) is 1. The highest BCUT2D eigenvalue weighted by atomic mass is 19.1. The predicted octanol–water partition coefficient (Wildman–Crippen LogP) is 1.82. The number of nitrogen functional groups attached to an aromatic ring is 1. The molecule has 3 aromatic heterocycles. The van der Waals surface area contributed by atoms with E-state index in [9.17, 15) is 9.18 Å². The molecule has 0 saturated carbocycles. The maximum absolute atomic E-state index is 12.9. The van der Waals surface area contributed by atoms with Crippen LogP contribution in [0.5, 0.6) is 0 Å². The van der Waals surface area contributed by atoms with Crippen molar-refractivity contribution >= 4 is 11.7 Å². The second-order valence-corrected chi connectivity index (χ2v) is 5.15. The van der Waals surface area contributed by atoms with Crippen LogP contribution >= 0.6 is 0 Å².